The molecule has 0 atom stereocenters. The molecule has 0 aliphatic heterocycles. The van der Waals surface area contributed by atoms with Crippen molar-refractivity contribution in [2.75, 3.05) is 29.5 Å². The van der Waals surface area contributed by atoms with E-state index in [1.165, 1.54) is 77.0 Å². The molecule has 0 aliphatic carbocycles. The van der Waals surface area contributed by atoms with Crippen LogP contribution >= 0.6 is 0 Å². The van der Waals surface area contributed by atoms with Gasteiger partial charge in [-0.15, -0.1) is 0 Å². The Morgan fingerprint density at radius 3 is 1.33 bits per heavy atom. The molecular formula is C21H42N6. The molecule has 4 N–H and O–H groups in total. The molecule has 0 spiro atoms. The molecule has 0 aliphatic rings. The average Bonchev–Trinajstić information content (AvgIpc) is 2.64. The second-order valence-corrected chi connectivity index (χ2v) is 7.58. The first kappa shape index (κ1) is 23.4. The van der Waals surface area contributed by atoms with Crippen LogP contribution in [0.4, 0.5) is 17.8 Å². The van der Waals surface area contributed by atoms with Gasteiger partial charge in [0.15, 0.2) is 0 Å². The fourth-order valence-electron chi connectivity index (χ4n) is 3.37. The molecule has 0 unspecified atom stereocenters. The zero-order chi connectivity index (χ0) is 19.7. The molecule has 27 heavy (non-hydrogen) atoms. The zero-order valence-corrected chi connectivity index (χ0v) is 17.8. The number of nitrogen functional groups attached to an aromatic ring is 2. The van der Waals surface area contributed by atoms with Crippen LogP contribution in [0.2, 0.25) is 0 Å². The van der Waals surface area contributed by atoms with E-state index in [4.69, 9.17) is 11.5 Å². The van der Waals surface area contributed by atoms with Crippen molar-refractivity contribution in [3.63, 3.8) is 0 Å². The van der Waals surface area contributed by atoms with Crippen LogP contribution in [0, 0.1) is 0 Å². The number of nitrogens with two attached hydrogens (primary N) is 2. The van der Waals surface area contributed by atoms with Gasteiger partial charge < -0.3 is 16.4 Å². The quantitative estimate of drug-likeness (QED) is 0.355. The van der Waals surface area contributed by atoms with Crippen LogP contribution in [0.3, 0.4) is 0 Å². The molecule has 0 fully saturated rings. The number of unbranched alkanes of at least 4 members (excludes halogenated alkanes) is 12. The Kier molecular flexibility index (Phi) is 13.4. The maximum absolute atomic E-state index is 5.77. The van der Waals surface area contributed by atoms with Crippen molar-refractivity contribution < 1.29 is 0 Å². The van der Waals surface area contributed by atoms with Gasteiger partial charge in [0.1, 0.15) is 0 Å². The van der Waals surface area contributed by atoms with Gasteiger partial charge in [0, 0.05) is 13.1 Å². The second kappa shape index (κ2) is 15.5. The lowest BCUT2D eigenvalue weighted by atomic mass is 10.1. The molecule has 0 saturated carbocycles. The first-order valence-corrected chi connectivity index (χ1v) is 11.2. The fourth-order valence-corrected chi connectivity index (χ4v) is 3.37. The number of nitrogens with zero attached hydrogens (tertiary/aromatic N) is 4. The lowest BCUT2D eigenvalue weighted by Crippen LogP contribution is -2.28. The van der Waals surface area contributed by atoms with Crippen LogP contribution in [0.1, 0.15) is 104 Å². The SMILES string of the molecule is CCCCCCCCCN(CCCCCCCCC)c1nc(N)nc(N)n1. The van der Waals surface area contributed by atoms with E-state index in [1.54, 1.807) is 0 Å². The highest BCUT2D eigenvalue weighted by atomic mass is 15.3. The van der Waals surface area contributed by atoms with E-state index in [2.05, 4.69) is 33.7 Å². The number of hydrogen-bond acceptors (Lipinski definition) is 6. The van der Waals surface area contributed by atoms with Crippen LogP contribution in [-0.2, 0) is 0 Å². The predicted molar refractivity (Wildman–Crippen MR) is 117 cm³/mol. The van der Waals surface area contributed by atoms with Crippen LogP contribution < -0.4 is 16.4 Å². The Morgan fingerprint density at radius 1 is 0.556 bits per heavy atom. The van der Waals surface area contributed by atoms with E-state index in [1.807, 2.05) is 0 Å². The maximum atomic E-state index is 5.77. The Bertz CT molecular complexity index is 441. The monoisotopic (exact) mass is 378 g/mol. The minimum atomic E-state index is 0.210. The first-order valence-electron chi connectivity index (χ1n) is 11.2. The molecule has 1 heterocycles. The maximum Gasteiger partial charge on any atom is 0.231 e. The molecule has 6 nitrogen and oxygen atoms in total. The number of aromatic nitrogens is 3. The molecule has 0 saturated heterocycles. The second-order valence-electron chi connectivity index (χ2n) is 7.58. The van der Waals surface area contributed by atoms with E-state index < -0.39 is 0 Å². The van der Waals surface area contributed by atoms with Gasteiger partial charge in [-0.2, -0.15) is 15.0 Å². The molecule has 0 amide bonds. The summed E-state index contributed by atoms with van der Waals surface area (Å²) >= 11 is 0. The molecule has 0 bridgehead atoms. The van der Waals surface area contributed by atoms with Crippen LogP contribution in [0.25, 0.3) is 0 Å². The third-order valence-corrected chi connectivity index (χ3v) is 5.00. The smallest absolute Gasteiger partial charge is 0.231 e. The van der Waals surface area contributed by atoms with Gasteiger partial charge >= 0.3 is 0 Å². The summed E-state index contributed by atoms with van der Waals surface area (Å²) in [7, 11) is 0. The summed E-state index contributed by atoms with van der Waals surface area (Å²) in [6, 6.07) is 0. The lowest BCUT2D eigenvalue weighted by Gasteiger charge is -2.23. The van der Waals surface area contributed by atoms with Crippen LogP contribution in [0.5, 0.6) is 0 Å². The van der Waals surface area contributed by atoms with Crippen molar-refractivity contribution in [1.29, 1.82) is 0 Å². The van der Waals surface area contributed by atoms with E-state index in [9.17, 15) is 0 Å². The predicted octanol–water partition coefficient (Wildman–Crippen LogP) is 5.34. The Morgan fingerprint density at radius 2 is 0.926 bits per heavy atom. The molecule has 1 aromatic heterocycles. The van der Waals surface area contributed by atoms with Crippen molar-refractivity contribution in [2.24, 2.45) is 0 Å². The highest BCUT2D eigenvalue weighted by Gasteiger charge is 2.11. The van der Waals surface area contributed by atoms with E-state index in [0.29, 0.717) is 5.95 Å². The Balaban J connectivity index is 2.39. The lowest BCUT2D eigenvalue weighted by molar-refractivity contribution is 0.560. The molecule has 156 valence electrons. The summed E-state index contributed by atoms with van der Waals surface area (Å²) < 4.78 is 0. The number of rotatable bonds is 17. The molecule has 1 rings (SSSR count). The summed E-state index contributed by atoms with van der Waals surface area (Å²) in [4.78, 5) is 14.8. The third-order valence-electron chi connectivity index (χ3n) is 5.00. The summed E-state index contributed by atoms with van der Waals surface area (Å²) in [5.74, 6) is 1.06. The molecule has 0 aromatic carbocycles. The summed E-state index contributed by atoms with van der Waals surface area (Å²) in [6.45, 7) is 6.45. The minimum absolute atomic E-state index is 0.210. The van der Waals surface area contributed by atoms with Gasteiger partial charge in [0.2, 0.25) is 17.8 Å². The average molecular weight is 379 g/mol. The van der Waals surface area contributed by atoms with Crippen LogP contribution in [-0.4, -0.2) is 28.0 Å². The van der Waals surface area contributed by atoms with Gasteiger partial charge in [-0.3, -0.25) is 0 Å². The van der Waals surface area contributed by atoms with Crippen molar-refractivity contribution >= 4 is 17.8 Å². The van der Waals surface area contributed by atoms with E-state index in [0.717, 1.165) is 25.9 Å². The topological polar surface area (TPSA) is 94.0 Å². The largest absolute Gasteiger partial charge is 0.368 e. The highest BCUT2D eigenvalue weighted by Crippen LogP contribution is 2.15. The van der Waals surface area contributed by atoms with E-state index >= 15 is 0 Å². The van der Waals surface area contributed by atoms with E-state index in [-0.39, 0.29) is 11.9 Å². The summed E-state index contributed by atoms with van der Waals surface area (Å²) in [5, 5.41) is 0. The Labute approximate surface area is 166 Å². The zero-order valence-electron chi connectivity index (χ0n) is 17.8. The van der Waals surface area contributed by atoms with Gasteiger partial charge in [-0.1, -0.05) is 90.9 Å². The number of anilines is 3. The van der Waals surface area contributed by atoms with Gasteiger partial charge in [-0.05, 0) is 12.8 Å². The van der Waals surface area contributed by atoms with Crippen molar-refractivity contribution in [3.8, 4) is 0 Å². The molecular weight excluding hydrogens is 336 g/mol. The van der Waals surface area contributed by atoms with Crippen molar-refractivity contribution in [1.82, 2.24) is 15.0 Å². The van der Waals surface area contributed by atoms with Crippen molar-refractivity contribution in [2.45, 2.75) is 104 Å². The van der Waals surface area contributed by atoms with Gasteiger partial charge in [0.05, 0.1) is 0 Å². The normalized spacial score (nSPS) is 11.0. The van der Waals surface area contributed by atoms with Crippen LogP contribution in [0.15, 0.2) is 0 Å². The highest BCUT2D eigenvalue weighted by molar-refractivity contribution is 5.39. The standard InChI is InChI=1S/C21H42N6/c1-3-5-7-9-11-13-15-17-27(18-16-14-12-10-8-6-4-2)21-25-19(22)24-20(23)26-21/h3-18H2,1-2H3,(H4,22,23,24,25,26). The molecule has 6 heteroatoms. The number of hydrogen-bond donors (Lipinski definition) is 2. The Hall–Kier alpha value is -1.59. The van der Waals surface area contributed by atoms with Crippen molar-refractivity contribution in [3.05, 3.63) is 0 Å². The van der Waals surface area contributed by atoms with Gasteiger partial charge in [-0.25, -0.2) is 0 Å². The minimum Gasteiger partial charge on any atom is -0.368 e. The van der Waals surface area contributed by atoms with Gasteiger partial charge in [0.25, 0.3) is 0 Å². The third kappa shape index (κ3) is 11.7. The fraction of sp³-hybridized carbons (Fsp3) is 0.857. The molecule has 1 aromatic rings. The summed E-state index contributed by atoms with van der Waals surface area (Å²) in [5.41, 5.74) is 11.5. The molecule has 0 radical (unpaired) electrons. The first-order chi connectivity index (χ1) is 13.2. The summed E-state index contributed by atoms with van der Waals surface area (Å²) in [6.07, 6.45) is 18.2.